The van der Waals surface area contributed by atoms with E-state index in [0.29, 0.717) is 15.7 Å². The van der Waals surface area contributed by atoms with Crippen molar-refractivity contribution in [2.75, 3.05) is 11.9 Å². The summed E-state index contributed by atoms with van der Waals surface area (Å²) in [6.07, 6.45) is 3.37. The topological polar surface area (TPSA) is 38.1 Å². The maximum atomic E-state index is 12.5. The van der Waals surface area contributed by atoms with Gasteiger partial charge in [0.15, 0.2) is 0 Å². The highest BCUT2D eigenvalue weighted by Crippen LogP contribution is 2.26. The second kappa shape index (κ2) is 5.85. The van der Waals surface area contributed by atoms with Gasteiger partial charge in [-0.1, -0.05) is 23.2 Å². The monoisotopic (exact) mass is 311 g/mol. The van der Waals surface area contributed by atoms with Crippen LogP contribution in [0.5, 0.6) is 0 Å². The van der Waals surface area contributed by atoms with Gasteiger partial charge in [-0.15, -0.1) is 0 Å². The van der Waals surface area contributed by atoms with Gasteiger partial charge in [-0.2, -0.15) is 0 Å². The number of amides is 1. The van der Waals surface area contributed by atoms with Crippen molar-refractivity contribution in [3.05, 3.63) is 46.5 Å². The van der Waals surface area contributed by atoms with E-state index < -0.39 is 0 Å². The number of hydrogen-bond donors (Lipinski definition) is 0. The molecule has 0 saturated carbocycles. The van der Waals surface area contributed by atoms with Crippen LogP contribution in [0.15, 0.2) is 30.7 Å². The molecule has 2 rings (SSSR count). The first-order valence-corrected chi connectivity index (χ1v) is 6.88. The second-order valence-electron chi connectivity index (χ2n) is 4.64. The Bertz CT molecular complexity index is 619. The lowest BCUT2D eigenvalue weighted by Gasteiger charge is -2.23. The minimum absolute atomic E-state index is 0.0653. The summed E-state index contributed by atoms with van der Waals surface area (Å²) in [7, 11) is 1.70. The Labute approximate surface area is 127 Å². The van der Waals surface area contributed by atoms with Gasteiger partial charge in [0, 0.05) is 34.7 Å². The van der Waals surface area contributed by atoms with E-state index in [9.17, 15) is 4.79 Å². The van der Waals surface area contributed by atoms with Crippen LogP contribution in [-0.4, -0.2) is 22.5 Å². The Hall–Kier alpha value is -1.52. The SMILES string of the molecule is Cc1cncn1C(C)C(=O)N(C)c1cc(Cl)cc(Cl)c1. The van der Waals surface area contributed by atoms with E-state index in [2.05, 4.69) is 4.98 Å². The van der Waals surface area contributed by atoms with Crippen molar-refractivity contribution >= 4 is 34.8 Å². The normalized spacial score (nSPS) is 12.2. The predicted octanol–water partition coefficient (Wildman–Crippen LogP) is 3.72. The number of aryl methyl sites for hydroxylation is 1. The largest absolute Gasteiger partial charge is 0.323 e. The van der Waals surface area contributed by atoms with Crippen molar-refractivity contribution in [3.8, 4) is 0 Å². The maximum absolute atomic E-state index is 12.5. The summed E-state index contributed by atoms with van der Waals surface area (Å²) in [6.45, 7) is 3.74. The highest BCUT2D eigenvalue weighted by Gasteiger charge is 2.21. The number of hydrogen-bond acceptors (Lipinski definition) is 2. The van der Waals surface area contributed by atoms with Gasteiger partial charge in [0.1, 0.15) is 6.04 Å². The Balaban J connectivity index is 2.26. The lowest BCUT2D eigenvalue weighted by atomic mass is 10.2. The number of halogens is 2. The van der Waals surface area contributed by atoms with Crippen molar-refractivity contribution in [1.82, 2.24) is 9.55 Å². The van der Waals surface area contributed by atoms with E-state index in [1.807, 2.05) is 18.4 Å². The summed E-state index contributed by atoms with van der Waals surface area (Å²) in [5, 5.41) is 0.997. The van der Waals surface area contributed by atoms with Crippen LogP contribution in [0.3, 0.4) is 0 Å². The highest BCUT2D eigenvalue weighted by molar-refractivity contribution is 6.35. The molecule has 0 aliphatic heterocycles. The van der Waals surface area contributed by atoms with Crippen LogP contribution >= 0.6 is 23.2 Å². The quantitative estimate of drug-likeness (QED) is 0.866. The number of carbonyl (C=O) groups excluding carboxylic acids is 1. The van der Waals surface area contributed by atoms with Gasteiger partial charge < -0.3 is 9.47 Å². The number of benzene rings is 1. The van der Waals surface area contributed by atoms with Crippen LogP contribution in [0.25, 0.3) is 0 Å². The smallest absolute Gasteiger partial charge is 0.249 e. The number of anilines is 1. The van der Waals surface area contributed by atoms with Crippen LogP contribution in [-0.2, 0) is 4.79 Å². The molecule has 1 aromatic carbocycles. The van der Waals surface area contributed by atoms with E-state index in [1.54, 1.807) is 42.7 Å². The van der Waals surface area contributed by atoms with E-state index in [4.69, 9.17) is 23.2 Å². The van der Waals surface area contributed by atoms with Crippen molar-refractivity contribution in [2.24, 2.45) is 0 Å². The zero-order valence-electron chi connectivity index (χ0n) is 11.5. The van der Waals surface area contributed by atoms with Gasteiger partial charge in [-0.3, -0.25) is 4.79 Å². The Morgan fingerprint density at radius 2 is 1.90 bits per heavy atom. The van der Waals surface area contributed by atoms with E-state index in [1.165, 1.54) is 0 Å². The van der Waals surface area contributed by atoms with Crippen molar-refractivity contribution in [2.45, 2.75) is 19.9 Å². The Morgan fingerprint density at radius 3 is 2.40 bits per heavy atom. The van der Waals surface area contributed by atoms with Gasteiger partial charge >= 0.3 is 0 Å². The molecule has 0 aliphatic carbocycles. The predicted molar refractivity (Wildman–Crippen MR) is 81.5 cm³/mol. The molecular formula is C14H15Cl2N3O. The van der Waals surface area contributed by atoms with Crippen LogP contribution in [0.2, 0.25) is 10.0 Å². The molecule has 0 spiro atoms. The van der Waals surface area contributed by atoms with Gasteiger partial charge in [0.25, 0.3) is 0 Å². The van der Waals surface area contributed by atoms with Crippen LogP contribution < -0.4 is 4.90 Å². The van der Waals surface area contributed by atoms with Crippen LogP contribution in [0.4, 0.5) is 5.69 Å². The van der Waals surface area contributed by atoms with Gasteiger partial charge in [-0.05, 0) is 32.0 Å². The van der Waals surface area contributed by atoms with Crippen LogP contribution in [0.1, 0.15) is 18.7 Å². The zero-order valence-corrected chi connectivity index (χ0v) is 13.0. The molecule has 1 aromatic heterocycles. The Kier molecular flexibility index (Phi) is 4.35. The Morgan fingerprint density at radius 1 is 1.30 bits per heavy atom. The molecule has 20 heavy (non-hydrogen) atoms. The molecule has 1 heterocycles. The number of aromatic nitrogens is 2. The molecule has 1 unspecified atom stereocenters. The van der Waals surface area contributed by atoms with Crippen LogP contribution in [0, 0.1) is 6.92 Å². The molecule has 0 bridgehead atoms. The summed E-state index contributed by atoms with van der Waals surface area (Å²) >= 11 is 11.9. The highest BCUT2D eigenvalue weighted by atomic mass is 35.5. The summed E-state index contributed by atoms with van der Waals surface area (Å²) in [5.41, 5.74) is 1.60. The molecule has 1 amide bonds. The minimum Gasteiger partial charge on any atom is -0.323 e. The van der Waals surface area contributed by atoms with Crippen molar-refractivity contribution in [1.29, 1.82) is 0 Å². The third kappa shape index (κ3) is 2.97. The van der Waals surface area contributed by atoms with E-state index >= 15 is 0 Å². The molecule has 1 atom stereocenters. The average molecular weight is 312 g/mol. The molecular weight excluding hydrogens is 297 g/mol. The fourth-order valence-electron chi connectivity index (χ4n) is 2.04. The zero-order chi connectivity index (χ0) is 14.9. The summed E-state index contributed by atoms with van der Waals surface area (Å²) < 4.78 is 1.82. The molecule has 0 fully saturated rings. The fraction of sp³-hybridized carbons (Fsp3) is 0.286. The summed E-state index contributed by atoms with van der Waals surface area (Å²) in [6, 6.07) is 4.70. The van der Waals surface area contributed by atoms with E-state index in [-0.39, 0.29) is 11.9 Å². The fourth-order valence-corrected chi connectivity index (χ4v) is 2.55. The van der Waals surface area contributed by atoms with Gasteiger partial charge in [0.2, 0.25) is 5.91 Å². The number of carbonyl (C=O) groups is 1. The first kappa shape index (κ1) is 14.9. The molecule has 0 aliphatic rings. The van der Waals surface area contributed by atoms with Gasteiger partial charge in [0.05, 0.1) is 6.33 Å². The lowest BCUT2D eigenvalue weighted by Crippen LogP contribution is -2.33. The third-order valence-electron chi connectivity index (χ3n) is 3.20. The molecule has 0 radical (unpaired) electrons. The number of imidazole rings is 1. The maximum Gasteiger partial charge on any atom is 0.249 e. The number of nitrogens with zero attached hydrogens (tertiary/aromatic N) is 3. The first-order chi connectivity index (χ1) is 9.40. The number of rotatable bonds is 3. The van der Waals surface area contributed by atoms with E-state index in [0.717, 1.165) is 5.69 Å². The molecule has 0 N–H and O–H groups in total. The molecule has 4 nitrogen and oxygen atoms in total. The first-order valence-electron chi connectivity index (χ1n) is 6.12. The van der Waals surface area contributed by atoms with Gasteiger partial charge in [-0.25, -0.2) is 4.98 Å². The lowest BCUT2D eigenvalue weighted by molar-refractivity contribution is -0.121. The minimum atomic E-state index is -0.347. The second-order valence-corrected chi connectivity index (χ2v) is 5.52. The summed E-state index contributed by atoms with van der Waals surface area (Å²) in [4.78, 5) is 18.1. The standard InChI is InChI=1S/C14H15Cl2N3O/c1-9-7-17-8-19(9)10(2)14(20)18(3)13-5-11(15)4-12(16)6-13/h4-8,10H,1-3H3. The average Bonchev–Trinajstić information content (AvgIpc) is 2.81. The molecule has 6 heteroatoms. The van der Waals surface area contributed by atoms with Crippen molar-refractivity contribution < 1.29 is 4.79 Å². The third-order valence-corrected chi connectivity index (χ3v) is 3.64. The number of likely N-dealkylation sites (N-methyl/N-ethyl adjacent to an activating group) is 1. The molecule has 2 aromatic rings. The molecule has 0 saturated heterocycles. The van der Waals surface area contributed by atoms with Crippen molar-refractivity contribution in [3.63, 3.8) is 0 Å². The summed E-state index contributed by atoms with van der Waals surface area (Å²) in [5.74, 6) is -0.0653. The molecule has 106 valence electrons.